The van der Waals surface area contributed by atoms with Crippen LogP contribution in [0.5, 0.6) is 5.75 Å². The van der Waals surface area contributed by atoms with Crippen molar-refractivity contribution >= 4 is 10.8 Å². The minimum absolute atomic E-state index is 0.734. The van der Waals surface area contributed by atoms with Crippen molar-refractivity contribution < 1.29 is 4.74 Å². The van der Waals surface area contributed by atoms with Crippen LogP contribution in [-0.4, -0.2) is 6.61 Å². The average molecular weight is 212 g/mol. The summed E-state index contributed by atoms with van der Waals surface area (Å²) in [4.78, 5) is 0. The molecule has 0 N–H and O–H groups in total. The van der Waals surface area contributed by atoms with Crippen molar-refractivity contribution in [3.05, 3.63) is 54.6 Å². The summed E-state index contributed by atoms with van der Waals surface area (Å²) in [6.07, 6.45) is 5.12. The van der Waals surface area contributed by atoms with Crippen LogP contribution in [0.4, 0.5) is 0 Å². The highest BCUT2D eigenvalue weighted by Gasteiger charge is 1.99. The quantitative estimate of drug-likeness (QED) is 0.545. The van der Waals surface area contributed by atoms with Crippen molar-refractivity contribution in [2.45, 2.75) is 13.3 Å². The largest absolute Gasteiger partial charge is 0.493 e. The molecule has 0 unspecified atom stereocenters. The zero-order valence-electron chi connectivity index (χ0n) is 9.52. The maximum absolute atomic E-state index is 5.77. The van der Waals surface area contributed by atoms with Crippen LogP contribution in [-0.2, 0) is 0 Å². The molecule has 0 atom stereocenters. The summed E-state index contributed by atoms with van der Waals surface area (Å²) < 4.78 is 5.77. The van der Waals surface area contributed by atoms with Crippen LogP contribution >= 0.6 is 0 Å². The molecule has 0 aromatic heterocycles. The Morgan fingerprint density at radius 3 is 2.75 bits per heavy atom. The SMILES string of the molecule is CC=CCCOc1cccc2ccccc12. The van der Waals surface area contributed by atoms with E-state index in [-0.39, 0.29) is 0 Å². The Kier molecular flexibility index (Phi) is 3.60. The van der Waals surface area contributed by atoms with Crippen LogP contribution < -0.4 is 4.74 Å². The minimum atomic E-state index is 0.734. The van der Waals surface area contributed by atoms with E-state index in [1.54, 1.807) is 0 Å². The standard InChI is InChI=1S/C15H16O/c1-2-3-6-12-16-15-11-7-9-13-8-4-5-10-14(13)15/h2-5,7-11H,6,12H2,1H3. The number of allylic oxidation sites excluding steroid dienone is 1. The van der Waals surface area contributed by atoms with Crippen LogP contribution in [0, 0.1) is 0 Å². The Labute approximate surface area is 96.4 Å². The maximum atomic E-state index is 5.77. The van der Waals surface area contributed by atoms with Gasteiger partial charge < -0.3 is 4.74 Å². The molecule has 0 saturated carbocycles. The summed E-state index contributed by atoms with van der Waals surface area (Å²) in [5.41, 5.74) is 0. The predicted molar refractivity (Wildman–Crippen MR) is 68.9 cm³/mol. The summed E-state index contributed by atoms with van der Waals surface area (Å²) in [5.74, 6) is 0.975. The number of ether oxygens (including phenoxy) is 1. The van der Waals surface area contributed by atoms with E-state index < -0.39 is 0 Å². The van der Waals surface area contributed by atoms with E-state index in [0.717, 1.165) is 18.8 Å². The maximum Gasteiger partial charge on any atom is 0.127 e. The monoisotopic (exact) mass is 212 g/mol. The third-order valence-electron chi connectivity index (χ3n) is 2.53. The molecule has 82 valence electrons. The summed E-state index contributed by atoms with van der Waals surface area (Å²) in [5, 5.41) is 2.41. The first-order valence-corrected chi connectivity index (χ1v) is 5.63. The first-order valence-electron chi connectivity index (χ1n) is 5.63. The Morgan fingerprint density at radius 1 is 1.06 bits per heavy atom. The second kappa shape index (κ2) is 5.36. The topological polar surface area (TPSA) is 9.23 Å². The van der Waals surface area contributed by atoms with Crippen molar-refractivity contribution in [1.82, 2.24) is 0 Å². The second-order valence-corrected chi connectivity index (χ2v) is 3.68. The number of benzene rings is 2. The number of hydrogen-bond donors (Lipinski definition) is 0. The molecule has 0 aliphatic rings. The lowest BCUT2D eigenvalue weighted by Gasteiger charge is -2.07. The van der Waals surface area contributed by atoms with E-state index in [9.17, 15) is 0 Å². The van der Waals surface area contributed by atoms with Crippen molar-refractivity contribution in [3.8, 4) is 5.75 Å². The predicted octanol–water partition coefficient (Wildman–Crippen LogP) is 4.18. The lowest BCUT2D eigenvalue weighted by atomic mass is 10.1. The van der Waals surface area contributed by atoms with Gasteiger partial charge >= 0.3 is 0 Å². The summed E-state index contributed by atoms with van der Waals surface area (Å²) >= 11 is 0. The molecule has 0 saturated heterocycles. The normalized spacial score (nSPS) is 11.1. The van der Waals surface area contributed by atoms with Crippen molar-refractivity contribution in [2.24, 2.45) is 0 Å². The van der Waals surface area contributed by atoms with Crippen LogP contribution in [0.2, 0.25) is 0 Å². The highest BCUT2D eigenvalue weighted by molar-refractivity contribution is 5.88. The first kappa shape index (κ1) is 10.7. The molecule has 0 fully saturated rings. The molecule has 0 heterocycles. The van der Waals surface area contributed by atoms with E-state index in [1.807, 2.05) is 37.3 Å². The molecule has 0 aliphatic heterocycles. The van der Waals surface area contributed by atoms with Gasteiger partial charge in [0.2, 0.25) is 0 Å². The van der Waals surface area contributed by atoms with Gasteiger partial charge in [0.05, 0.1) is 6.61 Å². The van der Waals surface area contributed by atoms with Gasteiger partial charge in [-0.3, -0.25) is 0 Å². The fraction of sp³-hybridized carbons (Fsp3) is 0.200. The lowest BCUT2D eigenvalue weighted by molar-refractivity contribution is 0.329. The Hall–Kier alpha value is -1.76. The Morgan fingerprint density at radius 2 is 1.88 bits per heavy atom. The molecule has 0 aliphatic carbocycles. The van der Waals surface area contributed by atoms with Gasteiger partial charge in [-0.05, 0) is 24.8 Å². The Balaban J connectivity index is 2.17. The van der Waals surface area contributed by atoms with Gasteiger partial charge in [0.15, 0.2) is 0 Å². The molecule has 16 heavy (non-hydrogen) atoms. The van der Waals surface area contributed by atoms with Crippen LogP contribution in [0.1, 0.15) is 13.3 Å². The van der Waals surface area contributed by atoms with Gasteiger partial charge in [0, 0.05) is 5.39 Å². The Bertz CT molecular complexity index is 480. The zero-order valence-corrected chi connectivity index (χ0v) is 9.52. The van der Waals surface area contributed by atoms with Gasteiger partial charge in [-0.15, -0.1) is 0 Å². The van der Waals surface area contributed by atoms with Crippen LogP contribution in [0.3, 0.4) is 0 Å². The highest BCUT2D eigenvalue weighted by atomic mass is 16.5. The van der Waals surface area contributed by atoms with E-state index in [0.29, 0.717) is 0 Å². The number of hydrogen-bond acceptors (Lipinski definition) is 1. The van der Waals surface area contributed by atoms with Crippen LogP contribution in [0.25, 0.3) is 10.8 Å². The molecule has 0 radical (unpaired) electrons. The highest BCUT2D eigenvalue weighted by Crippen LogP contribution is 2.25. The lowest BCUT2D eigenvalue weighted by Crippen LogP contribution is -1.95. The third-order valence-corrected chi connectivity index (χ3v) is 2.53. The van der Waals surface area contributed by atoms with E-state index in [4.69, 9.17) is 4.74 Å². The second-order valence-electron chi connectivity index (χ2n) is 3.68. The first-order chi connectivity index (χ1) is 7.92. The van der Waals surface area contributed by atoms with Gasteiger partial charge in [-0.2, -0.15) is 0 Å². The fourth-order valence-electron chi connectivity index (χ4n) is 1.73. The molecule has 0 amide bonds. The summed E-state index contributed by atoms with van der Waals surface area (Å²) in [7, 11) is 0. The molecular weight excluding hydrogens is 196 g/mol. The van der Waals surface area contributed by atoms with Crippen LogP contribution in [0.15, 0.2) is 54.6 Å². The van der Waals surface area contributed by atoms with E-state index in [1.165, 1.54) is 10.8 Å². The fourth-order valence-corrected chi connectivity index (χ4v) is 1.73. The average Bonchev–Trinajstić information content (AvgIpc) is 2.35. The van der Waals surface area contributed by atoms with Crippen molar-refractivity contribution in [2.75, 3.05) is 6.61 Å². The molecule has 1 nitrogen and oxygen atoms in total. The molecule has 2 aromatic rings. The zero-order chi connectivity index (χ0) is 11.2. The number of fused-ring (bicyclic) bond motifs is 1. The summed E-state index contributed by atoms with van der Waals surface area (Å²) in [6, 6.07) is 14.5. The molecule has 2 rings (SSSR count). The van der Waals surface area contributed by atoms with Gasteiger partial charge in [-0.25, -0.2) is 0 Å². The minimum Gasteiger partial charge on any atom is -0.493 e. The molecule has 0 spiro atoms. The van der Waals surface area contributed by atoms with E-state index >= 15 is 0 Å². The summed E-state index contributed by atoms with van der Waals surface area (Å²) in [6.45, 7) is 2.76. The van der Waals surface area contributed by atoms with Crippen molar-refractivity contribution in [1.29, 1.82) is 0 Å². The molecule has 2 aromatic carbocycles. The van der Waals surface area contributed by atoms with Gasteiger partial charge in [0.1, 0.15) is 5.75 Å². The molecule has 0 bridgehead atoms. The third kappa shape index (κ3) is 2.43. The van der Waals surface area contributed by atoms with Gasteiger partial charge in [-0.1, -0.05) is 48.6 Å². The molecular formula is C15H16O. The van der Waals surface area contributed by atoms with E-state index in [2.05, 4.69) is 24.3 Å². The number of rotatable bonds is 4. The van der Waals surface area contributed by atoms with Gasteiger partial charge in [0.25, 0.3) is 0 Å². The van der Waals surface area contributed by atoms with Crippen molar-refractivity contribution in [3.63, 3.8) is 0 Å². The molecule has 1 heteroatoms. The smallest absolute Gasteiger partial charge is 0.127 e.